The van der Waals surface area contributed by atoms with Crippen LogP contribution in [0, 0.1) is 0 Å². The van der Waals surface area contributed by atoms with Gasteiger partial charge in [0.15, 0.2) is 5.96 Å². The number of benzene rings is 1. The van der Waals surface area contributed by atoms with Crippen molar-refractivity contribution >= 4 is 22.8 Å². The number of rotatable bonds is 10. The molecule has 7 heteroatoms. The first-order chi connectivity index (χ1) is 13.1. The summed E-state index contributed by atoms with van der Waals surface area (Å²) in [6.07, 6.45) is 1.73. The highest BCUT2D eigenvalue weighted by atomic mass is 16.5. The zero-order valence-electron chi connectivity index (χ0n) is 16.5. The Morgan fingerprint density at radius 3 is 2.74 bits per heavy atom. The third kappa shape index (κ3) is 7.30. The van der Waals surface area contributed by atoms with Gasteiger partial charge >= 0.3 is 0 Å². The number of hydrogen-bond acceptors (Lipinski definition) is 3. The number of H-pyrrole nitrogens is 1. The summed E-state index contributed by atoms with van der Waals surface area (Å²) in [5.74, 6) is 0.624. The number of likely N-dealkylation sites (N-methyl/N-ethyl adjacent to an activating group) is 1. The Morgan fingerprint density at radius 2 is 2.00 bits per heavy atom. The molecule has 0 radical (unpaired) electrons. The molecule has 1 aromatic heterocycles. The number of carbonyl (C=O) groups is 1. The van der Waals surface area contributed by atoms with Crippen molar-refractivity contribution < 1.29 is 9.53 Å². The molecule has 7 nitrogen and oxygen atoms in total. The fraction of sp³-hybridized carbons (Fsp3) is 0.500. The van der Waals surface area contributed by atoms with E-state index in [0.29, 0.717) is 12.6 Å². The number of carbonyl (C=O) groups excluding carboxylic acids is 1. The van der Waals surface area contributed by atoms with Gasteiger partial charge < -0.3 is 25.3 Å². The van der Waals surface area contributed by atoms with E-state index < -0.39 is 0 Å². The summed E-state index contributed by atoms with van der Waals surface area (Å²) in [5, 5.41) is 7.78. The van der Waals surface area contributed by atoms with E-state index >= 15 is 0 Å². The van der Waals surface area contributed by atoms with Gasteiger partial charge in [-0.3, -0.25) is 4.79 Å². The number of aromatic amines is 1. The van der Waals surface area contributed by atoms with Crippen molar-refractivity contribution in [2.75, 3.05) is 46.9 Å². The molecule has 0 saturated carbocycles. The van der Waals surface area contributed by atoms with Crippen LogP contribution in [0.3, 0.4) is 0 Å². The van der Waals surface area contributed by atoms with Crippen LogP contribution in [0.5, 0.6) is 0 Å². The van der Waals surface area contributed by atoms with Crippen molar-refractivity contribution in [3.05, 3.63) is 36.0 Å². The molecule has 1 amide bonds. The summed E-state index contributed by atoms with van der Waals surface area (Å²) in [6, 6.07) is 10.4. The van der Waals surface area contributed by atoms with Crippen molar-refractivity contribution in [1.29, 1.82) is 0 Å². The van der Waals surface area contributed by atoms with E-state index in [4.69, 9.17) is 4.74 Å². The van der Waals surface area contributed by atoms with Crippen LogP contribution >= 0.6 is 0 Å². The van der Waals surface area contributed by atoms with Gasteiger partial charge in [-0.05, 0) is 30.9 Å². The van der Waals surface area contributed by atoms with Crippen molar-refractivity contribution in [2.24, 2.45) is 4.99 Å². The lowest BCUT2D eigenvalue weighted by Crippen LogP contribution is -2.40. The molecule has 0 atom stereocenters. The summed E-state index contributed by atoms with van der Waals surface area (Å²) in [7, 11) is 3.47. The molecule has 1 heterocycles. The molecule has 3 N–H and O–H groups in total. The molecule has 0 aliphatic carbocycles. The average molecular weight is 374 g/mol. The Morgan fingerprint density at radius 1 is 1.22 bits per heavy atom. The number of para-hydroxylation sites is 1. The predicted octanol–water partition coefficient (Wildman–Crippen LogP) is 1.76. The van der Waals surface area contributed by atoms with Gasteiger partial charge in [-0.1, -0.05) is 18.2 Å². The summed E-state index contributed by atoms with van der Waals surface area (Å²) < 4.78 is 5.35. The molecule has 0 bridgehead atoms. The molecule has 0 fully saturated rings. The largest absolute Gasteiger partial charge is 0.382 e. The fourth-order valence-corrected chi connectivity index (χ4v) is 2.57. The predicted molar refractivity (Wildman–Crippen MR) is 110 cm³/mol. The molecule has 0 spiro atoms. The van der Waals surface area contributed by atoms with Crippen LogP contribution in [0.2, 0.25) is 0 Å². The van der Waals surface area contributed by atoms with E-state index in [9.17, 15) is 4.79 Å². The lowest BCUT2D eigenvalue weighted by molar-refractivity contribution is -0.127. The average Bonchev–Trinajstić information content (AvgIpc) is 3.07. The maximum Gasteiger partial charge on any atom is 0.243 e. The van der Waals surface area contributed by atoms with Crippen molar-refractivity contribution in [2.45, 2.75) is 19.8 Å². The van der Waals surface area contributed by atoms with E-state index in [-0.39, 0.29) is 12.5 Å². The van der Waals surface area contributed by atoms with Gasteiger partial charge in [0.05, 0.1) is 0 Å². The molecule has 0 aliphatic rings. The molecule has 27 heavy (non-hydrogen) atoms. The molecule has 2 rings (SSSR count). The highest BCUT2D eigenvalue weighted by molar-refractivity contribution is 5.84. The van der Waals surface area contributed by atoms with E-state index in [1.165, 1.54) is 11.1 Å². The number of ether oxygens (including phenoxy) is 1. The molecule has 2 aromatic rings. The Kier molecular flexibility index (Phi) is 8.64. The molecular weight excluding hydrogens is 342 g/mol. The Balaban J connectivity index is 1.85. The van der Waals surface area contributed by atoms with Gasteiger partial charge in [-0.15, -0.1) is 0 Å². The number of aromatic nitrogens is 1. The third-order valence-corrected chi connectivity index (χ3v) is 4.11. The minimum atomic E-state index is -0.0268. The minimum absolute atomic E-state index is 0.0268. The summed E-state index contributed by atoms with van der Waals surface area (Å²) in [5.41, 5.74) is 2.32. The number of amides is 1. The number of hydrogen-bond donors (Lipinski definition) is 3. The lowest BCUT2D eigenvalue weighted by atomic mass is 10.2. The Bertz CT molecular complexity index is 706. The zero-order valence-corrected chi connectivity index (χ0v) is 16.5. The van der Waals surface area contributed by atoms with E-state index in [1.807, 2.05) is 19.1 Å². The monoisotopic (exact) mass is 373 g/mol. The second-order valence-electron chi connectivity index (χ2n) is 6.49. The maximum atomic E-state index is 11.8. The van der Waals surface area contributed by atoms with Crippen molar-refractivity contribution in [3.63, 3.8) is 0 Å². The molecule has 0 aliphatic heterocycles. The number of fused-ring (bicyclic) bond motifs is 1. The first-order valence-electron chi connectivity index (χ1n) is 9.47. The van der Waals surface area contributed by atoms with Crippen LogP contribution in [-0.4, -0.2) is 68.7 Å². The van der Waals surface area contributed by atoms with Gasteiger partial charge in [0, 0.05) is 58.0 Å². The summed E-state index contributed by atoms with van der Waals surface area (Å²) >= 11 is 0. The van der Waals surface area contributed by atoms with Gasteiger partial charge in [0.1, 0.15) is 6.54 Å². The van der Waals surface area contributed by atoms with Crippen LogP contribution in [0.25, 0.3) is 10.9 Å². The van der Waals surface area contributed by atoms with Crippen LogP contribution in [0.4, 0.5) is 0 Å². The van der Waals surface area contributed by atoms with Gasteiger partial charge in [-0.25, -0.2) is 4.99 Å². The Labute approximate surface area is 161 Å². The quantitative estimate of drug-likeness (QED) is 0.337. The van der Waals surface area contributed by atoms with Crippen molar-refractivity contribution in [3.8, 4) is 0 Å². The first-order valence-corrected chi connectivity index (χ1v) is 9.47. The smallest absolute Gasteiger partial charge is 0.243 e. The highest BCUT2D eigenvalue weighted by Gasteiger charge is 2.05. The lowest BCUT2D eigenvalue weighted by Gasteiger charge is -2.13. The molecule has 0 saturated heterocycles. The minimum Gasteiger partial charge on any atom is -0.382 e. The van der Waals surface area contributed by atoms with Crippen LogP contribution < -0.4 is 10.6 Å². The van der Waals surface area contributed by atoms with Crippen LogP contribution in [-0.2, 0) is 16.0 Å². The van der Waals surface area contributed by atoms with E-state index in [2.05, 4.69) is 38.8 Å². The molecule has 148 valence electrons. The first kappa shape index (κ1) is 20.8. The Hall–Kier alpha value is -2.54. The highest BCUT2D eigenvalue weighted by Crippen LogP contribution is 2.14. The van der Waals surface area contributed by atoms with E-state index in [1.54, 1.807) is 19.0 Å². The maximum absolute atomic E-state index is 11.8. The van der Waals surface area contributed by atoms with Crippen LogP contribution in [0.1, 0.15) is 19.0 Å². The summed E-state index contributed by atoms with van der Waals surface area (Å²) in [6.45, 7) is 5.01. The summed E-state index contributed by atoms with van der Waals surface area (Å²) in [4.78, 5) is 21.1. The number of aliphatic imine (C=N–C) groups is 1. The second kappa shape index (κ2) is 11.2. The molecular formula is C20H31N5O2. The van der Waals surface area contributed by atoms with E-state index in [0.717, 1.165) is 38.1 Å². The number of nitrogens with zero attached hydrogens (tertiary/aromatic N) is 2. The van der Waals surface area contributed by atoms with Gasteiger partial charge in [0.25, 0.3) is 0 Å². The van der Waals surface area contributed by atoms with Gasteiger partial charge in [0.2, 0.25) is 5.91 Å². The third-order valence-electron chi connectivity index (χ3n) is 4.11. The number of guanidine groups is 1. The SMILES string of the molecule is CCOCCCNC(=NCC(=O)N(C)C)NCCc1cc2ccccc2[nH]1. The number of nitrogens with one attached hydrogen (secondary N) is 3. The van der Waals surface area contributed by atoms with Crippen molar-refractivity contribution in [1.82, 2.24) is 20.5 Å². The normalized spacial score (nSPS) is 11.6. The second-order valence-corrected chi connectivity index (χ2v) is 6.49. The standard InChI is InChI=1S/C20H31N5O2/c1-4-27-13-7-11-21-20(23-15-19(26)25(2)3)22-12-10-17-14-16-8-5-6-9-18(16)24-17/h5-6,8-9,14,24H,4,7,10-13,15H2,1-3H3,(H2,21,22,23). The fourth-order valence-electron chi connectivity index (χ4n) is 2.57. The van der Waals surface area contributed by atoms with Gasteiger partial charge in [-0.2, -0.15) is 0 Å². The molecule has 1 aromatic carbocycles. The zero-order chi connectivity index (χ0) is 19.5. The molecule has 0 unspecified atom stereocenters. The van der Waals surface area contributed by atoms with Crippen LogP contribution in [0.15, 0.2) is 35.3 Å². The topological polar surface area (TPSA) is 81.8 Å².